The van der Waals surface area contributed by atoms with E-state index in [-0.39, 0.29) is 64.3 Å². The summed E-state index contributed by atoms with van der Waals surface area (Å²) in [5, 5.41) is 39.3. The summed E-state index contributed by atoms with van der Waals surface area (Å²) in [5.41, 5.74) is 11.9. The van der Waals surface area contributed by atoms with Gasteiger partial charge < -0.3 is 52.8 Å². The molecule has 1 atom stereocenters. The fraction of sp³-hybridized carbons (Fsp3) is 0.321. The molecule has 0 saturated carbocycles. The fourth-order valence-corrected chi connectivity index (χ4v) is 11.8. The van der Waals surface area contributed by atoms with Crippen LogP contribution in [0.3, 0.4) is 0 Å². The Kier molecular flexibility index (Phi) is 27.1. The number of carboxylic acid groups (broad SMARTS) is 3. The molecule has 2 rings (SSSR count). The summed E-state index contributed by atoms with van der Waals surface area (Å²) in [6.45, 7) is 5.92. The number of halogens is 6. The molecule has 2 aromatic rings. The van der Waals surface area contributed by atoms with Gasteiger partial charge in [0.15, 0.2) is 0 Å². The van der Waals surface area contributed by atoms with Crippen molar-refractivity contribution >= 4 is 200 Å². The SMILES string of the molecule is CC(=O)Nc1c(I)c(NC(C)=O)c(I)c(C(=O)O)c1I.CC(=O)Nc1c(I)c(NC(C)=O)c(I)c(C(=O)[O-])c1I.NCCCC[C@H](N)C(=O)O.[Na+]. The van der Waals surface area contributed by atoms with E-state index < -0.39 is 23.9 Å². The van der Waals surface area contributed by atoms with Gasteiger partial charge in [-0.15, -0.1) is 0 Å². The van der Waals surface area contributed by atoms with Gasteiger partial charge in [-0.3, -0.25) is 24.0 Å². The van der Waals surface area contributed by atoms with Gasteiger partial charge in [0, 0.05) is 40.4 Å². The largest absolute Gasteiger partial charge is 1.00 e. The van der Waals surface area contributed by atoms with E-state index in [1.165, 1.54) is 27.7 Å². The maximum Gasteiger partial charge on any atom is 1.00 e. The van der Waals surface area contributed by atoms with Gasteiger partial charge in [-0.2, -0.15) is 0 Å². The smallest absolute Gasteiger partial charge is 0.545 e. The first-order valence-corrected chi connectivity index (χ1v) is 20.1. The standard InChI is InChI=1S/2C11H9I3N2O4.C6H14N2O2.Na/c2*1-3(17)15-9-6(12)5(11(19)20)7(13)10(8(9)14)16-4(2)18;7-4-2-1-3-5(8)6(9)10;/h2*1-2H3,(H,15,17)(H,16,18)(H,19,20);5H,1-4,7-8H2,(H,9,10);/q;;;+1/p-1/t;;5-;/m..0./s1. The first-order chi connectivity index (χ1) is 23.0. The van der Waals surface area contributed by atoms with Crippen LogP contribution in [-0.2, 0) is 24.0 Å². The molecule has 0 fully saturated rings. The van der Waals surface area contributed by atoms with Crippen LogP contribution in [0.1, 0.15) is 67.7 Å². The van der Waals surface area contributed by atoms with Crippen molar-refractivity contribution < 1.29 is 78.4 Å². The number of nitrogens with two attached hydrogens (primary N) is 2. The zero-order valence-electron chi connectivity index (χ0n) is 27.5. The molecule has 276 valence electrons. The number of aromatic carboxylic acids is 2. The molecule has 0 bridgehead atoms. The van der Waals surface area contributed by atoms with Gasteiger partial charge in [0.2, 0.25) is 23.6 Å². The van der Waals surface area contributed by atoms with E-state index >= 15 is 0 Å². The van der Waals surface area contributed by atoms with Gasteiger partial charge in [-0.25, -0.2) is 4.79 Å². The number of carbonyl (C=O) groups is 7. The molecule has 23 heteroatoms. The Labute approximate surface area is 397 Å². The van der Waals surface area contributed by atoms with E-state index in [4.69, 9.17) is 16.6 Å². The van der Waals surface area contributed by atoms with Gasteiger partial charge in [-0.05, 0) is 155 Å². The van der Waals surface area contributed by atoms with Crippen molar-refractivity contribution in [3.05, 3.63) is 32.5 Å². The monoisotopic (exact) mass is 1400 g/mol. The Hall–Kier alpha value is 0.0300. The Balaban J connectivity index is 0. The predicted molar refractivity (Wildman–Crippen MR) is 236 cm³/mol. The van der Waals surface area contributed by atoms with Crippen molar-refractivity contribution in [2.24, 2.45) is 11.5 Å². The minimum Gasteiger partial charge on any atom is -0.545 e. The third-order valence-electron chi connectivity index (χ3n) is 5.54. The van der Waals surface area contributed by atoms with Crippen molar-refractivity contribution in [1.29, 1.82) is 0 Å². The van der Waals surface area contributed by atoms with E-state index in [0.29, 0.717) is 57.1 Å². The molecule has 0 aromatic heterocycles. The van der Waals surface area contributed by atoms with E-state index in [1.807, 2.05) is 136 Å². The number of aliphatic carboxylic acids is 1. The molecule has 0 aliphatic heterocycles. The number of hydrogen-bond donors (Lipinski definition) is 8. The summed E-state index contributed by atoms with van der Waals surface area (Å²) in [6.07, 6.45) is 2.16. The topological polar surface area (TPSA) is 283 Å². The minimum atomic E-state index is -1.37. The zero-order valence-corrected chi connectivity index (χ0v) is 42.4. The summed E-state index contributed by atoms with van der Waals surface area (Å²) in [6, 6.07) is -0.716. The third-order valence-corrected chi connectivity index (χ3v) is 12.0. The minimum absolute atomic E-state index is 0. The Morgan fingerprint density at radius 1 is 0.608 bits per heavy atom. The number of rotatable bonds is 11. The average molecular weight is 1400 g/mol. The molecule has 51 heavy (non-hydrogen) atoms. The normalized spacial score (nSPS) is 10.4. The van der Waals surface area contributed by atoms with E-state index in [9.17, 15) is 43.8 Å². The second-order valence-electron chi connectivity index (χ2n) is 9.68. The number of carboxylic acids is 3. The van der Waals surface area contributed by atoms with Crippen LogP contribution in [0.25, 0.3) is 0 Å². The molecule has 0 aliphatic rings. The number of amides is 4. The zero-order chi connectivity index (χ0) is 39.2. The molecule has 16 nitrogen and oxygen atoms in total. The molecule has 2 aromatic carbocycles. The number of anilines is 4. The second-order valence-corrected chi connectivity index (χ2v) is 16.2. The van der Waals surface area contributed by atoms with Crippen molar-refractivity contribution in [3.8, 4) is 0 Å². The van der Waals surface area contributed by atoms with E-state index in [0.717, 1.165) is 12.8 Å². The molecular weight excluding hydrogens is 1360 g/mol. The van der Waals surface area contributed by atoms with Gasteiger partial charge >= 0.3 is 41.5 Å². The molecule has 10 N–H and O–H groups in total. The summed E-state index contributed by atoms with van der Waals surface area (Å²) in [7, 11) is 0. The average Bonchev–Trinajstić information content (AvgIpc) is 2.98. The van der Waals surface area contributed by atoms with Gasteiger partial charge in [0.1, 0.15) is 6.04 Å². The van der Waals surface area contributed by atoms with E-state index in [1.54, 1.807) is 0 Å². The molecule has 0 aliphatic carbocycles. The maximum absolute atomic E-state index is 11.4. The van der Waals surface area contributed by atoms with Gasteiger partial charge in [0.05, 0.1) is 48.6 Å². The van der Waals surface area contributed by atoms with Crippen molar-refractivity contribution in [2.75, 3.05) is 27.8 Å². The fourth-order valence-electron chi connectivity index (χ4n) is 3.47. The Morgan fingerprint density at radius 2 is 0.902 bits per heavy atom. The number of unbranched alkanes of at least 4 members (excludes halogenated alkanes) is 1. The quantitative estimate of drug-likeness (QED) is 0.0902. The predicted octanol–water partition coefficient (Wildman–Crippen LogP) is 1.43. The molecular formula is C28H31I6N6NaO10. The van der Waals surface area contributed by atoms with Crippen LogP contribution in [0.4, 0.5) is 22.7 Å². The molecule has 0 saturated heterocycles. The second kappa shape index (κ2) is 26.0. The third kappa shape index (κ3) is 17.6. The molecule has 4 amide bonds. The summed E-state index contributed by atoms with van der Waals surface area (Å²) in [4.78, 5) is 77.8. The van der Waals surface area contributed by atoms with Crippen molar-refractivity contribution in [1.82, 2.24) is 0 Å². The van der Waals surface area contributed by atoms with Crippen LogP contribution < -0.4 is 67.4 Å². The summed E-state index contributed by atoms with van der Waals surface area (Å²) in [5.74, 6) is -4.71. The van der Waals surface area contributed by atoms with Crippen LogP contribution in [0.15, 0.2) is 0 Å². The van der Waals surface area contributed by atoms with Crippen molar-refractivity contribution in [3.63, 3.8) is 0 Å². The van der Waals surface area contributed by atoms with Crippen LogP contribution in [0.2, 0.25) is 0 Å². The van der Waals surface area contributed by atoms with Crippen LogP contribution >= 0.6 is 136 Å². The number of benzene rings is 2. The molecule has 0 heterocycles. The van der Waals surface area contributed by atoms with Crippen LogP contribution in [-0.4, -0.2) is 64.3 Å². The van der Waals surface area contributed by atoms with E-state index in [2.05, 4.69) is 21.3 Å². The first kappa shape index (κ1) is 53.1. The number of nitrogens with one attached hydrogen (secondary N) is 4. The van der Waals surface area contributed by atoms with Gasteiger partial charge in [-0.1, -0.05) is 6.42 Å². The first-order valence-electron chi connectivity index (χ1n) is 13.7. The summed E-state index contributed by atoms with van der Waals surface area (Å²) >= 11 is 11.3. The Morgan fingerprint density at radius 3 is 1.12 bits per heavy atom. The molecule has 0 unspecified atom stereocenters. The molecule has 0 radical (unpaired) electrons. The Bertz CT molecular complexity index is 1490. The maximum atomic E-state index is 11.4. The van der Waals surface area contributed by atoms with Crippen LogP contribution in [0, 0.1) is 21.4 Å². The van der Waals surface area contributed by atoms with Gasteiger partial charge in [0.25, 0.3) is 0 Å². The number of hydrogen-bond acceptors (Lipinski definition) is 10. The summed E-state index contributed by atoms with van der Waals surface area (Å²) < 4.78 is 2.72. The van der Waals surface area contributed by atoms with Crippen molar-refractivity contribution in [2.45, 2.75) is 53.0 Å². The number of carbonyl (C=O) groups excluding carboxylic acids is 5. The van der Waals surface area contributed by atoms with Crippen LogP contribution in [0.5, 0.6) is 0 Å². The molecule has 0 spiro atoms.